The van der Waals surface area contributed by atoms with Crippen molar-refractivity contribution < 1.29 is 9.59 Å². The van der Waals surface area contributed by atoms with Crippen LogP contribution >= 0.6 is 0 Å². The highest BCUT2D eigenvalue weighted by molar-refractivity contribution is 5.98. The number of carbonyl (C=O) groups is 2. The largest absolute Gasteiger partial charge is 0.345 e. The Morgan fingerprint density at radius 3 is 1.58 bits per heavy atom. The Kier molecular flexibility index (Phi) is 4.49. The van der Waals surface area contributed by atoms with Crippen molar-refractivity contribution in [3.63, 3.8) is 0 Å². The van der Waals surface area contributed by atoms with Gasteiger partial charge in [0.1, 0.15) is 0 Å². The van der Waals surface area contributed by atoms with Crippen LogP contribution in [-0.4, -0.2) is 20.9 Å². The smallest absolute Gasteiger partial charge is 0.268 e. The molecule has 0 atom stereocenters. The van der Waals surface area contributed by atoms with E-state index in [0.29, 0.717) is 4.57 Å². The van der Waals surface area contributed by atoms with E-state index in [1.165, 1.54) is 26.0 Å². The van der Waals surface area contributed by atoms with Gasteiger partial charge in [-0.05, 0) is 38.1 Å². The summed E-state index contributed by atoms with van der Waals surface area (Å²) < 4.78 is 1.38. The highest BCUT2D eigenvalue weighted by Gasteiger charge is 2.23. The van der Waals surface area contributed by atoms with Gasteiger partial charge in [0.05, 0.1) is 0 Å². The molecule has 6 nitrogen and oxygen atoms in total. The van der Waals surface area contributed by atoms with Gasteiger partial charge in [-0.1, -0.05) is 36.4 Å². The van der Waals surface area contributed by atoms with E-state index in [0.717, 1.165) is 4.57 Å². The van der Waals surface area contributed by atoms with Crippen molar-refractivity contribution in [2.24, 2.45) is 0 Å². The molecule has 0 unspecified atom stereocenters. The van der Waals surface area contributed by atoms with Gasteiger partial charge in [-0.2, -0.15) is 4.57 Å². The summed E-state index contributed by atoms with van der Waals surface area (Å²) in [4.78, 5) is 50.9. The van der Waals surface area contributed by atoms with Gasteiger partial charge in [0, 0.05) is 22.4 Å². The lowest BCUT2D eigenvalue weighted by molar-refractivity contribution is 0.0929. The number of benzene rings is 2. The van der Waals surface area contributed by atoms with Crippen LogP contribution in [0, 0.1) is 13.8 Å². The van der Waals surface area contributed by atoms with Gasteiger partial charge in [0.15, 0.2) is 0 Å². The average molecular weight is 348 g/mol. The molecule has 2 aromatic carbocycles. The zero-order valence-corrected chi connectivity index (χ0v) is 14.3. The maximum atomic E-state index is 12.9. The van der Waals surface area contributed by atoms with E-state index < -0.39 is 23.1 Å². The summed E-state index contributed by atoms with van der Waals surface area (Å²) in [5.41, 5.74) is -0.841. The van der Waals surface area contributed by atoms with Crippen LogP contribution in [0.25, 0.3) is 0 Å². The Bertz CT molecular complexity index is 1110. The fraction of sp³-hybridized carbons (Fsp3) is 0.100. The van der Waals surface area contributed by atoms with Crippen molar-refractivity contribution in [3.05, 3.63) is 104 Å². The second-order valence-electron chi connectivity index (χ2n) is 5.81. The van der Waals surface area contributed by atoms with Crippen LogP contribution in [0.15, 0.2) is 70.3 Å². The molecule has 0 amide bonds. The van der Waals surface area contributed by atoms with Crippen molar-refractivity contribution >= 4 is 11.8 Å². The van der Waals surface area contributed by atoms with Gasteiger partial charge < -0.3 is 0 Å². The molecule has 0 saturated carbocycles. The third kappa shape index (κ3) is 2.82. The number of nitrogens with zero attached hydrogens (tertiary/aromatic N) is 2. The Labute approximate surface area is 149 Å². The minimum Gasteiger partial charge on any atom is -0.268 e. The molecule has 0 aliphatic heterocycles. The van der Waals surface area contributed by atoms with Crippen molar-refractivity contribution in [2.75, 3.05) is 0 Å². The monoisotopic (exact) mass is 348 g/mol. The van der Waals surface area contributed by atoms with Gasteiger partial charge >= 0.3 is 5.69 Å². The molecule has 1 heterocycles. The van der Waals surface area contributed by atoms with Gasteiger partial charge in [0.2, 0.25) is 0 Å². The summed E-state index contributed by atoms with van der Waals surface area (Å²) in [5, 5.41) is 0. The standard InChI is InChI=1S/C20H16N2O4/c1-13-14(2)21(18(24)15-9-5-3-6-10-15)20(26)22(17(13)23)19(25)16-11-7-4-8-12-16/h3-12H,1-2H3. The highest BCUT2D eigenvalue weighted by atomic mass is 16.2. The van der Waals surface area contributed by atoms with Crippen molar-refractivity contribution in [3.8, 4) is 0 Å². The van der Waals surface area contributed by atoms with Crippen LogP contribution in [0.3, 0.4) is 0 Å². The lowest BCUT2D eigenvalue weighted by Crippen LogP contribution is -2.47. The number of hydrogen-bond donors (Lipinski definition) is 0. The summed E-state index contributed by atoms with van der Waals surface area (Å²) in [7, 11) is 0. The molecule has 0 radical (unpaired) electrons. The minimum atomic E-state index is -0.971. The maximum absolute atomic E-state index is 12.9. The normalized spacial score (nSPS) is 10.5. The summed E-state index contributed by atoms with van der Waals surface area (Å²) in [5.74, 6) is -1.36. The zero-order valence-electron chi connectivity index (χ0n) is 14.3. The molecular formula is C20H16N2O4. The fourth-order valence-electron chi connectivity index (χ4n) is 2.66. The fourth-order valence-corrected chi connectivity index (χ4v) is 2.66. The third-order valence-electron chi connectivity index (χ3n) is 4.23. The third-order valence-corrected chi connectivity index (χ3v) is 4.23. The van der Waals surface area contributed by atoms with E-state index in [1.54, 1.807) is 48.5 Å². The van der Waals surface area contributed by atoms with Crippen LogP contribution in [0.5, 0.6) is 0 Å². The van der Waals surface area contributed by atoms with Crippen LogP contribution in [-0.2, 0) is 0 Å². The summed E-state index contributed by atoms with van der Waals surface area (Å²) in [6.45, 7) is 3.00. The predicted octanol–water partition coefficient (Wildman–Crippen LogP) is 2.00. The first-order valence-corrected chi connectivity index (χ1v) is 7.98. The lowest BCUT2D eigenvalue weighted by atomic mass is 10.1. The first kappa shape index (κ1) is 17.3. The molecule has 0 aliphatic rings. The number of rotatable bonds is 2. The van der Waals surface area contributed by atoms with E-state index in [4.69, 9.17) is 0 Å². The van der Waals surface area contributed by atoms with Crippen LogP contribution in [0.4, 0.5) is 0 Å². The second kappa shape index (κ2) is 6.76. The SMILES string of the molecule is Cc1c(C)n(C(=O)c2ccccc2)c(=O)n(C(=O)c2ccccc2)c1=O. The average Bonchev–Trinajstić information content (AvgIpc) is 2.67. The van der Waals surface area contributed by atoms with Crippen LogP contribution in [0.1, 0.15) is 32.0 Å². The molecule has 0 bridgehead atoms. The molecule has 0 aliphatic carbocycles. The Hall–Kier alpha value is -3.54. The number of aromatic nitrogens is 2. The highest BCUT2D eigenvalue weighted by Crippen LogP contribution is 2.07. The van der Waals surface area contributed by atoms with Crippen LogP contribution < -0.4 is 11.2 Å². The van der Waals surface area contributed by atoms with Gasteiger partial charge in [-0.25, -0.2) is 9.36 Å². The summed E-state index contributed by atoms with van der Waals surface area (Å²) in [6.07, 6.45) is 0. The zero-order chi connectivity index (χ0) is 18.8. The molecule has 0 saturated heterocycles. The Morgan fingerprint density at radius 2 is 1.12 bits per heavy atom. The van der Waals surface area contributed by atoms with E-state index in [-0.39, 0.29) is 22.4 Å². The molecule has 3 rings (SSSR count). The van der Waals surface area contributed by atoms with Gasteiger partial charge in [0.25, 0.3) is 17.4 Å². The molecule has 0 spiro atoms. The Balaban J connectivity index is 2.27. The van der Waals surface area contributed by atoms with Crippen molar-refractivity contribution in [1.82, 2.24) is 9.13 Å². The molecule has 26 heavy (non-hydrogen) atoms. The second-order valence-corrected chi connectivity index (χ2v) is 5.81. The van der Waals surface area contributed by atoms with E-state index >= 15 is 0 Å². The lowest BCUT2D eigenvalue weighted by Gasteiger charge is -2.14. The first-order valence-electron chi connectivity index (χ1n) is 7.98. The predicted molar refractivity (Wildman–Crippen MR) is 96.8 cm³/mol. The number of carbonyl (C=O) groups excluding carboxylic acids is 2. The molecule has 6 heteroatoms. The van der Waals surface area contributed by atoms with Gasteiger partial charge in [-0.15, -0.1) is 0 Å². The Morgan fingerprint density at radius 1 is 0.692 bits per heavy atom. The number of hydrogen-bond acceptors (Lipinski definition) is 4. The summed E-state index contributed by atoms with van der Waals surface area (Å²) in [6, 6.07) is 16.2. The topological polar surface area (TPSA) is 78.1 Å². The minimum absolute atomic E-state index is 0.165. The molecule has 1 aromatic heterocycles. The van der Waals surface area contributed by atoms with Crippen molar-refractivity contribution in [1.29, 1.82) is 0 Å². The first-order chi connectivity index (χ1) is 12.4. The quantitative estimate of drug-likeness (QED) is 0.710. The molecular weight excluding hydrogens is 332 g/mol. The molecule has 0 N–H and O–H groups in total. The molecule has 130 valence electrons. The maximum Gasteiger partial charge on any atom is 0.345 e. The van der Waals surface area contributed by atoms with E-state index in [1.807, 2.05) is 0 Å². The van der Waals surface area contributed by atoms with Gasteiger partial charge in [-0.3, -0.25) is 14.4 Å². The van der Waals surface area contributed by atoms with E-state index in [2.05, 4.69) is 0 Å². The molecule has 0 fully saturated rings. The van der Waals surface area contributed by atoms with Crippen LogP contribution in [0.2, 0.25) is 0 Å². The van der Waals surface area contributed by atoms with Crippen molar-refractivity contribution in [2.45, 2.75) is 13.8 Å². The molecule has 3 aromatic rings. The summed E-state index contributed by atoms with van der Waals surface area (Å²) >= 11 is 0. The van der Waals surface area contributed by atoms with E-state index in [9.17, 15) is 19.2 Å².